The number of aryl methyl sites for hydroxylation is 1. The van der Waals surface area contributed by atoms with E-state index in [0.717, 1.165) is 48.0 Å². The molecule has 1 atom stereocenters. The van der Waals surface area contributed by atoms with Gasteiger partial charge in [-0.15, -0.1) is 24.0 Å². The van der Waals surface area contributed by atoms with Gasteiger partial charge < -0.3 is 10.6 Å². The van der Waals surface area contributed by atoms with Crippen molar-refractivity contribution < 1.29 is 0 Å². The molecular weight excluding hydrogens is 543 g/mol. The Hall–Kier alpha value is -1.16. The first-order chi connectivity index (χ1) is 13.5. The molecule has 0 spiro atoms. The maximum Gasteiger partial charge on any atom is 0.191 e. The van der Waals surface area contributed by atoms with E-state index in [1.54, 1.807) is 0 Å². The number of nitrogens with zero attached hydrogens (tertiary/aromatic N) is 4. The van der Waals surface area contributed by atoms with Gasteiger partial charge in [-0.05, 0) is 37.0 Å². The van der Waals surface area contributed by atoms with Gasteiger partial charge in [0.15, 0.2) is 11.8 Å². The average molecular weight is 573 g/mol. The molecule has 1 fully saturated rings. The summed E-state index contributed by atoms with van der Waals surface area (Å²) < 4.78 is 3.21. The third-order valence-electron chi connectivity index (χ3n) is 5.84. The lowest BCUT2D eigenvalue weighted by Gasteiger charge is -2.26. The predicted octanol–water partition coefficient (Wildman–Crippen LogP) is 3.99. The first-order valence-corrected chi connectivity index (χ1v) is 11.0. The summed E-state index contributed by atoms with van der Waals surface area (Å²) in [6.45, 7) is 6.03. The van der Waals surface area contributed by atoms with Crippen LogP contribution >= 0.6 is 39.9 Å². The number of aromatic nitrogens is 3. The van der Waals surface area contributed by atoms with Gasteiger partial charge >= 0.3 is 0 Å². The molecule has 158 valence electrons. The maximum atomic E-state index is 4.68. The fourth-order valence-corrected chi connectivity index (χ4v) is 4.27. The Morgan fingerprint density at radius 1 is 1.38 bits per heavy atom. The Bertz CT molecular complexity index is 874. The van der Waals surface area contributed by atoms with E-state index in [9.17, 15) is 0 Å². The van der Waals surface area contributed by atoms with Crippen molar-refractivity contribution >= 4 is 45.9 Å². The summed E-state index contributed by atoms with van der Waals surface area (Å²) in [7, 11) is 1.84. The largest absolute Gasteiger partial charge is 0.356 e. The average Bonchev–Trinajstić information content (AvgIpc) is 3.35. The Kier molecular flexibility index (Phi) is 7.24. The molecule has 1 saturated carbocycles. The molecule has 1 aliphatic heterocycles. The van der Waals surface area contributed by atoms with Gasteiger partial charge in [0.1, 0.15) is 5.82 Å². The lowest BCUT2D eigenvalue weighted by atomic mass is 9.96. The van der Waals surface area contributed by atoms with Gasteiger partial charge in [-0.2, -0.15) is 5.10 Å². The van der Waals surface area contributed by atoms with Crippen molar-refractivity contribution in [1.82, 2.24) is 25.4 Å². The van der Waals surface area contributed by atoms with Crippen LogP contribution in [-0.2, 0) is 18.4 Å². The molecule has 0 radical (unpaired) electrons. The monoisotopic (exact) mass is 572 g/mol. The summed E-state index contributed by atoms with van der Waals surface area (Å²) in [6, 6.07) is 9.00. The van der Waals surface area contributed by atoms with Crippen molar-refractivity contribution in [1.29, 1.82) is 0 Å². The molecule has 4 rings (SSSR count). The second kappa shape index (κ2) is 9.32. The number of halogens is 2. The first kappa shape index (κ1) is 22.5. The van der Waals surface area contributed by atoms with Crippen molar-refractivity contribution in [2.45, 2.75) is 63.5 Å². The molecule has 2 heterocycles. The number of guanidine groups is 1. The summed E-state index contributed by atoms with van der Waals surface area (Å²) in [5.74, 6) is 3.30. The molecule has 1 aromatic carbocycles. The second-order valence-electron chi connectivity index (χ2n) is 8.32. The van der Waals surface area contributed by atoms with Gasteiger partial charge in [0.25, 0.3) is 0 Å². The highest BCUT2D eigenvalue weighted by Gasteiger charge is 2.44. The van der Waals surface area contributed by atoms with Crippen LogP contribution in [0.25, 0.3) is 0 Å². The van der Waals surface area contributed by atoms with Crippen LogP contribution in [0.1, 0.15) is 56.2 Å². The molecule has 0 amide bonds. The normalized spacial score (nSPS) is 20.0. The smallest absolute Gasteiger partial charge is 0.191 e. The second-order valence-corrected chi connectivity index (χ2v) is 9.24. The van der Waals surface area contributed by atoms with Gasteiger partial charge in [0.05, 0.1) is 6.54 Å². The lowest BCUT2D eigenvalue weighted by molar-refractivity contribution is 0.391. The van der Waals surface area contributed by atoms with Gasteiger partial charge in [-0.1, -0.05) is 41.9 Å². The van der Waals surface area contributed by atoms with Crippen LogP contribution in [0, 0.1) is 0 Å². The molecular formula is C21H30BrIN6. The van der Waals surface area contributed by atoms with Gasteiger partial charge in [-0.3, -0.25) is 4.99 Å². The van der Waals surface area contributed by atoms with E-state index < -0.39 is 0 Å². The topological polar surface area (TPSA) is 67.1 Å². The Labute approximate surface area is 198 Å². The molecule has 8 heteroatoms. The number of hydrogen-bond donors (Lipinski definition) is 2. The molecule has 29 heavy (non-hydrogen) atoms. The third-order valence-corrected chi connectivity index (χ3v) is 6.33. The zero-order valence-electron chi connectivity index (χ0n) is 17.3. The van der Waals surface area contributed by atoms with E-state index in [1.165, 1.54) is 18.4 Å². The summed E-state index contributed by atoms with van der Waals surface area (Å²) in [6.07, 6.45) is 4.44. The number of aliphatic imine (C=N–C) groups is 1. The molecule has 6 nitrogen and oxygen atoms in total. The lowest BCUT2D eigenvalue weighted by Crippen LogP contribution is -2.48. The van der Waals surface area contributed by atoms with E-state index in [0.29, 0.717) is 12.0 Å². The van der Waals surface area contributed by atoms with Crippen LogP contribution < -0.4 is 10.6 Å². The number of fused-ring (bicyclic) bond motifs is 1. The van der Waals surface area contributed by atoms with Crippen molar-refractivity contribution in [3.05, 3.63) is 46.0 Å². The molecule has 0 bridgehead atoms. The molecule has 1 aliphatic carbocycles. The quantitative estimate of drug-likeness (QED) is 0.323. The molecule has 1 aromatic heterocycles. The highest BCUT2D eigenvalue weighted by Crippen LogP contribution is 2.48. The van der Waals surface area contributed by atoms with Crippen LogP contribution in [0.4, 0.5) is 0 Å². The zero-order valence-corrected chi connectivity index (χ0v) is 21.2. The highest BCUT2D eigenvalue weighted by atomic mass is 127. The fourth-order valence-electron chi connectivity index (χ4n) is 3.87. The van der Waals surface area contributed by atoms with Crippen molar-refractivity contribution in [3.8, 4) is 0 Å². The van der Waals surface area contributed by atoms with Crippen LogP contribution in [0.2, 0.25) is 0 Å². The molecule has 2 aromatic rings. The van der Waals surface area contributed by atoms with Gasteiger partial charge in [0, 0.05) is 41.9 Å². The zero-order chi connectivity index (χ0) is 19.7. The SMILES string of the molecule is CN=C(NCC1(c2cccc(Br)c2)CC1)NC1CCc2nc(C(C)C)nn2C1.I. The van der Waals surface area contributed by atoms with E-state index in [1.807, 2.05) is 7.05 Å². The summed E-state index contributed by atoms with van der Waals surface area (Å²) in [4.78, 5) is 9.13. The predicted molar refractivity (Wildman–Crippen MR) is 131 cm³/mol. The van der Waals surface area contributed by atoms with Crippen molar-refractivity contribution in [2.75, 3.05) is 13.6 Å². The highest BCUT2D eigenvalue weighted by molar-refractivity contribution is 14.0. The van der Waals surface area contributed by atoms with E-state index in [4.69, 9.17) is 0 Å². The third kappa shape index (κ3) is 5.13. The summed E-state index contributed by atoms with van der Waals surface area (Å²) in [5.41, 5.74) is 1.63. The van der Waals surface area contributed by atoms with Crippen LogP contribution in [0.15, 0.2) is 33.7 Å². The van der Waals surface area contributed by atoms with Crippen molar-refractivity contribution in [3.63, 3.8) is 0 Å². The van der Waals surface area contributed by atoms with E-state index in [-0.39, 0.29) is 29.4 Å². The van der Waals surface area contributed by atoms with Crippen LogP contribution in [-0.4, -0.2) is 40.4 Å². The van der Waals surface area contributed by atoms with E-state index >= 15 is 0 Å². The minimum Gasteiger partial charge on any atom is -0.356 e. The number of rotatable bonds is 5. The minimum absolute atomic E-state index is 0. The van der Waals surface area contributed by atoms with Crippen molar-refractivity contribution in [2.24, 2.45) is 4.99 Å². The summed E-state index contributed by atoms with van der Waals surface area (Å²) >= 11 is 3.60. The summed E-state index contributed by atoms with van der Waals surface area (Å²) in [5, 5.41) is 11.8. The maximum absolute atomic E-state index is 4.68. The Morgan fingerprint density at radius 3 is 2.83 bits per heavy atom. The molecule has 2 aliphatic rings. The number of benzene rings is 1. The fraction of sp³-hybridized carbons (Fsp3) is 0.571. The first-order valence-electron chi connectivity index (χ1n) is 10.2. The van der Waals surface area contributed by atoms with Gasteiger partial charge in [-0.25, -0.2) is 9.67 Å². The van der Waals surface area contributed by atoms with E-state index in [2.05, 4.69) is 84.4 Å². The standard InChI is InChI=1S/C21H29BrN6.HI/c1-14(2)19-26-18-8-7-17(12-28(18)27-19)25-20(23-3)24-13-21(9-10-21)15-5-4-6-16(22)11-15;/h4-6,11,14,17H,7-10,12-13H2,1-3H3,(H2,23,24,25);1H. The molecule has 0 saturated heterocycles. The molecule has 1 unspecified atom stereocenters. The van der Waals surface area contributed by atoms with Crippen LogP contribution in [0.5, 0.6) is 0 Å². The van der Waals surface area contributed by atoms with Crippen LogP contribution in [0.3, 0.4) is 0 Å². The molecule has 2 N–H and O–H groups in total. The van der Waals surface area contributed by atoms with Gasteiger partial charge in [0.2, 0.25) is 0 Å². The number of hydrogen-bond acceptors (Lipinski definition) is 3. The Balaban J connectivity index is 0.00000240. The number of nitrogens with one attached hydrogen (secondary N) is 2. The Morgan fingerprint density at radius 2 is 2.17 bits per heavy atom. The minimum atomic E-state index is 0.